The van der Waals surface area contributed by atoms with E-state index >= 15 is 0 Å². The highest BCUT2D eigenvalue weighted by Crippen LogP contribution is 2.39. The Hall–Kier alpha value is -1.32. The minimum Gasteiger partial charge on any atom is -0.368 e. The minimum atomic E-state index is 0.400. The Morgan fingerprint density at radius 3 is 2.60 bits per heavy atom. The summed E-state index contributed by atoms with van der Waals surface area (Å²) in [5, 5.41) is 6.31. The molecule has 0 aliphatic heterocycles. The molecule has 1 aromatic heterocycles. The molecule has 2 rings (SSSR count). The zero-order chi connectivity index (χ0) is 10.8. The van der Waals surface area contributed by atoms with Gasteiger partial charge in [0, 0.05) is 25.1 Å². The topological polar surface area (TPSA) is 49.8 Å². The van der Waals surface area contributed by atoms with Crippen LogP contribution in [0.5, 0.6) is 0 Å². The third kappa shape index (κ3) is 2.58. The molecule has 15 heavy (non-hydrogen) atoms. The highest BCUT2D eigenvalue weighted by Gasteiger charge is 2.26. The Morgan fingerprint density at radius 1 is 1.33 bits per heavy atom. The van der Waals surface area contributed by atoms with Gasteiger partial charge in [0.25, 0.3) is 0 Å². The number of nitrogens with one attached hydrogen (secondary N) is 2. The highest BCUT2D eigenvalue weighted by atomic mass is 15.1. The van der Waals surface area contributed by atoms with Crippen LogP contribution in [0.2, 0.25) is 0 Å². The predicted molar refractivity (Wildman–Crippen MR) is 62.3 cm³/mol. The molecule has 4 heteroatoms. The van der Waals surface area contributed by atoms with E-state index < -0.39 is 0 Å². The van der Waals surface area contributed by atoms with E-state index in [-0.39, 0.29) is 0 Å². The molecule has 2 N–H and O–H groups in total. The van der Waals surface area contributed by atoms with Crippen molar-refractivity contribution in [2.75, 3.05) is 17.7 Å². The quantitative estimate of drug-likeness (QED) is 0.793. The molecule has 1 heterocycles. The van der Waals surface area contributed by atoms with Crippen LogP contribution in [0.4, 0.5) is 11.8 Å². The molecule has 1 fully saturated rings. The second kappa shape index (κ2) is 4.04. The zero-order valence-corrected chi connectivity index (χ0v) is 9.54. The molecule has 0 unspecified atom stereocenters. The summed E-state index contributed by atoms with van der Waals surface area (Å²) in [5.41, 5.74) is 1.16. The van der Waals surface area contributed by atoms with Crippen molar-refractivity contribution < 1.29 is 0 Å². The van der Waals surface area contributed by atoms with E-state index in [0.717, 1.165) is 11.5 Å². The summed E-state index contributed by atoms with van der Waals surface area (Å²) in [5.74, 6) is 2.29. The Bertz CT molecular complexity index is 344. The molecule has 0 saturated heterocycles. The van der Waals surface area contributed by atoms with Gasteiger partial charge in [0.05, 0.1) is 5.69 Å². The Balaban J connectivity index is 2.24. The van der Waals surface area contributed by atoms with Gasteiger partial charge < -0.3 is 10.6 Å². The fourth-order valence-corrected chi connectivity index (χ4v) is 1.54. The van der Waals surface area contributed by atoms with Crippen LogP contribution in [0.15, 0.2) is 6.07 Å². The summed E-state index contributed by atoms with van der Waals surface area (Å²) >= 11 is 0. The van der Waals surface area contributed by atoms with Gasteiger partial charge in [-0.15, -0.1) is 0 Å². The predicted octanol–water partition coefficient (Wildman–Crippen LogP) is 2.22. The lowest BCUT2D eigenvalue weighted by Crippen LogP contribution is -2.12. The monoisotopic (exact) mass is 206 g/mol. The van der Waals surface area contributed by atoms with Gasteiger partial charge in [-0.2, -0.15) is 4.98 Å². The first-order valence-corrected chi connectivity index (χ1v) is 5.52. The Morgan fingerprint density at radius 2 is 2.07 bits per heavy atom. The van der Waals surface area contributed by atoms with Crippen LogP contribution in [0.1, 0.15) is 38.3 Å². The van der Waals surface area contributed by atoms with Crippen molar-refractivity contribution in [2.24, 2.45) is 0 Å². The summed E-state index contributed by atoms with van der Waals surface area (Å²) in [6.07, 6.45) is 2.53. The van der Waals surface area contributed by atoms with E-state index in [9.17, 15) is 0 Å². The van der Waals surface area contributed by atoms with Crippen LogP contribution in [0.25, 0.3) is 0 Å². The summed E-state index contributed by atoms with van der Waals surface area (Å²) < 4.78 is 0. The fraction of sp³-hybridized carbons (Fsp3) is 0.636. The number of aromatic nitrogens is 2. The van der Waals surface area contributed by atoms with E-state index in [2.05, 4.69) is 40.5 Å². The van der Waals surface area contributed by atoms with Crippen LogP contribution >= 0.6 is 0 Å². The van der Waals surface area contributed by atoms with Gasteiger partial charge in [0.1, 0.15) is 5.82 Å². The average molecular weight is 206 g/mol. The molecule has 0 atom stereocenters. The van der Waals surface area contributed by atoms with Crippen molar-refractivity contribution in [3.8, 4) is 0 Å². The summed E-state index contributed by atoms with van der Waals surface area (Å²) in [6, 6.07) is 2.47. The zero-order valence-electron chi connectivity index (χ0n) is 9.54. The molecule has 1 aromatic rings. The smallest absolute Gasteiger partial charge is 0.224 e. The van der Waals surface area contributed by atoms with Crippen molar-refractivity contribution in [3.63, 3.8) is 0 Å². The minimum absolute atomic E-state index is 0.400. The second-order valence-corrected chi connectivity index (χ2v) is 4.32. The highest BCUT2D eigenvalue weighted by molar-refractivity contribution is 5.44. The molecule has 0 amide bonds. The molecule has 1 saturated carbocycles. The maximum absolute atomic E-state index is 4.46. The Labute approximate surface area is 90.5 Å². The van der Waals surface area contributed by atoms with Crippen molar-refractivity contribution in [1.82, 2.24) is 9.97 Å². The van der Waals surface area contributed by atoms with Gasteiger partial charge in [0.15, 0.2) is 0 Å². The molecule has 1 aliphatic rings. The van der Waals surface area contributed by atoms with Crippen LogP contribution in [0, 0.1) is 0 Å². The fourth-order valence-electron chi connectivity index (χ4n) is 1.54. The van der Waals surface area contributed by atoms with Crippen LogP contribution in [-0.2, 0) is 0 Å². The van der Waals surface area contributed by atoms with Gasteiger partial charge in [-0.1, -0.05) is 0 Å². The van der Waals surface area contributed by atoms with E-state index in [1.165, 1.54) is 12.8 Å². The molecular formula is C11H18N4. The molecule has 82 valence electrons. The second-order valence-electron chi connectivity index (χ2n) is 4.32. The summed E-state index contributed by atoms with van der Waals surface area (Å²) in [6.45, 7) is 4.22. The standard InChI is InChI=1S/C11H18N4/c1-7(2)13-10-6-9(8-4-5-8)14-11(12-3)15-10/h6-8H,4-5H2,1-3H3,(H2,12,13,14,15). The first-order chi connectivity index (χ1) is 7.19. The van der Waals surface area contributed by atoms with E-state index in [1.807, 2.05) is 7.05 Å². The molecule has 0 aromatic carbocycles. The van der Waals surface area contributed by atoms with E-state index in [0.29, 0.717) is 17.9 Å². The SMILES string of the molecule is CNc1nc(NC(C)C)cc(C2CC2)n1. The van der Waals surface area contributed by atoms with Crippen LogP contribution in [0.3, 0.4) is 0 Å². The largest absolute Gasteiger partial charge is 0.368 e. The van der Waals surface area contributed by atoms with Gasteiger partial charge in [-0.05, 0) is 26.7 Å². The number of hydrogen-bond donors (Lipinski definition) is 2. The first kappa shape index (κ1) is 10.2. The third-order valence-electron chi connectivity index (χ3n) is 2.40. The average Bonchev–Trinajstić information content (AvgIpc) is 2.99. The molecule has 4 nitrogen and oxygen atoms in total. The molecule has 1 aliphatic carbocycles. The third-order valence-corrected chi connectivity index (χ3v) is 2.40. The van der Waals surface area contributed by atoms with E-state index in [1.54, 1.807) is 0 Å². The van der Waals surface area contributed by atoms with Gasteiger partial charge in [0.2, 0.25) is 5.95 Å². The molecule has 0 bridgehead atoms. The Kier molecular flexibility index (Phi) is 2.75. The van der Waals surface area contributed by atoms with Crippen molar-refractivity contribution in [2.45, 2.75) is 38.6 Å². The lowest BCUT2D eigenvalue weighted by Gasteiger charge is -2.11. The normalized spacial score (nSPS) is 15.5. The van der Waals surface area contributed by atoms with E-state index in [4.69, 9.17) is 0 Å². The maximum atomic E-state index is 4.46. The first-order valence-electron chi connectivity index (χ1n) is 5.52. The van der Waals surface area contributed by atoms with Crippen molar-refractivity contribution in [1.29, 1.82) is 0 Å². The van der Waals surface area contributed by atoms with Gasteiger partial charge in [-0.25, -0.2) is 4.98 Å². The lowest BCUT2D eigenvalue weighted by atomic mass is 10.2. The van der Waals surface area contributed by atoms with Gasteiger partial charge in [-0.3, -0.25) is 0 Å². The molecule has 0 spiro atoms. The molecule has 0 radical (unpaired) electrons. The van der Waals surface area contributed by atoms with Crippen LogP contribution < -0.4 is 10.6 Å². The maximum Gasteiger partial charge on any atom is 0.224 e. The summed E-state index contributed by atoms with van der Waals surface area (Å²) in [4.78, 5) is 8.83. The number of nitrogens with zero attached hydrogens (tertiary/aromatic N) is 2. The van der Waals surface area contributed by atoms with Gasteiger partial charge >= 0.3 is 0 Å². The number of anilines is 2. The van der Waals surface area contributed by atoms with Crippen LogP contribution in [-0.4, -0.2) is 23.1 Å². The van der Waals surface area contributed by atoms with Crippen molar-refractivity contribution in [3.05, 3.63) is 11.8 Å². The lowest BCUT2D eigenvalue weighted by molar-refractivity contribution is 0.880. The summed E-state index contributed by atoms with van der Waals surface area (Å²) in [7, 11) is 1.85. The number of hydrogen-bond acceptors (Lipinski definition) is 4. The number of rotatable bonds is 4. The molecular weight excluding hydrogens is 188 g/mol. The van der Waals surface area contributed by atoms with Crippen molar-refractivity contribution >= 4 is 11.8 Å².